The van der Waals surface area contributed by atoms with E-state index in [9.17, 15) is 18.4 Å². The Bertz CT molecular complexity index is 1110. The molecule has 0 atom stereocenters. The SMILES string of the molecule is Cc1c(NC(=O)c2ccc3c(c2)C(=O)c2ccccc2-3)cccc1OC(F)F. The van der Waals surface area contributed by atoms with Gasteiger partial charge in [0.15, 0.2) is 5.78 Å². The van der Waals surface area contributed by atoms with Gasteiger partial charge in [-0.1, -0.05) is 36.4 Å². The van der Waals surface area contributed by atoms with E-state index < -0.39 is 12.5 Å². The lowest BCUT2D eigenvalue weighted by atomic mass is 10.0. The number of amides is 1. The third-order valence-electron chi connectivity index (χ3n) is 4.74. The molecule has 6 heteroatoms. The largest absolute Gasteiger partial charge is 0.434 e. The summed E-state index contributed by atoms with van der Waals surface area (Å²) < 4.78 is 29.4. The molecule has 0 unspecified atom stereocenters. The van der Waals surface area contributed by atoms with Crippen molar-refractivity contribution in [2.45, 2.75) is 13.5 Å². The maximum Gasteiger partial charge on any atom is 0.387 e. The van der Waals surface area contributed by atoms with Crippen LogP contribution in [0, 0.1) is 6.92 Å². The molecule has 3 aromatic rings. The van der Waals surface area contributed by atoms with Crippen molar-refractivity contribution in [1.82, 2.24) is 0 Å². The molecule has 1 aliphatic rings. The number of ketones is 1. The molecule has 0 aliphatic heterocycles. The predicted molar refractivity (Wildman–Crippen MR) is 101 cm³/mol. The van der Waals surface area contributed by atoms with Crippen LogP contribution in [0.1, 0.15) is 31.8 Å². The van der Waals surface area contributed by atoms with Crippen LogP contribution in [-0.4, -0.2) is 18.3 Å². The lowest BCUT2D eigenvalue weighted by Crippen LogP contribution is -2.14. The first-order valence-corrected chi connectivity index (χ1v) is 8.59. The first kappa shape index (κ1) is 17.9. The van der Waals surface area contributed by atoms with Crippen LogP contribution in [0.5, 0.6) is 5.75 Å². The number of anilines is 1. The summed E-state index contributed by atoms with van der Waals surface area (Å²) in [7, 11) is 0. The fourth-order valence-corrected chi connectivity index (χ4v) is 3.34. The van der Waals surface area contributed by atoms with Crippen molar-refractivity contribution in [3.8, 4) is 16.9 Å². The molecule has 4 rings (SSSR count). The van der Waals surface area contributed by atoms with Crippen LogP contribution >= 0.6 is 0 Å². The third kappa shape index (κ3) is 3.03. The number of hydrogen-bond donors (Lipinski definition) is 1. The minimum absolute atomic E-state index is 0.00705. The quantitative estimate of drug-likeness (QED) is 0.539. The Balaban J connectivity index is 1.62. The number of carbonyl (C=O) groups is 2. The minimum atomic E-state index is -2.95. The first-order valence-electron chi connectivity index (χ1n) is 8.59. The second-order valence-electron chi connectivity index (χ2n) is 6.40. The van der Waals surface area contributed by atoms with E-state index >= 15 is 0 Å². The molecule has 0 aromatic heterocycles. The molecule has 3 aromatic carbocycles. The number of carbonyl (C=O) groups excluding carboxylic acids is 2. The van der Waals surface area contributed by atoms with Crippen molar-refractivity contribution in [3.63, 3.8) is 0 Å². The van der Waals surface area contributed by atoms with Crippen molar-refractivity contribution in [1.29, 1.82) is 0 Å². The van der Waals surface area contributed by atoms with Crippen LogP contribution in [0.15, 0.2) is 60.7 Å². The standard InChI is InChI=1S/C22H15F2NO3/c1-12-18(7-4-8-19(12)28-22(23)24)25-21(27)13-9-10-15-14-5-2-3-6-16(14)20(26)17(15)11-13/h2-11,22H,1H3,(H,25,27). The van der Waals surface area contributed by atoms with Crippen LogP contribution in [0.4, 0.5) is 14.5 Å². The number of nitrogens with one attached hydrogen (secondary N) is 1. The maximum atomic E-state index is 12.7. The summed E-state index contributed by atoms with van der Waals surface area (Å²) in [5.74, 6) is -0.569. The lowest BCUT2D eigenvalue weighted by Gasteiger charge is -2.13. The van der Waals surface area contributed by atoms with Crippen molar-refractivity contribution >= 4 is 17.4 Å². The summed E-state index contributed by atoms with van der Waals surface area (Å²) in [6.45, 7) is -1.37. The van der Waals surface area contributed by atoms with E-state index in [0.717, 1.165) is 11.1 Å². The Kier molecular flexibility index (Phi) is 4.39. The molecule has 0 fully saturated rings. The van der Waals surface area contributed by atoms with E-state index in [1.54, 1.807) is 43.3 Å². The van der Waals surface area contributed by atoms with E-state index in [1.807, 2.05) is 12.1 Å². The first-order chi connectivity index (χ1) is 13.5. The molecule has 140 valence electrons. The van der Waals surface area contributed by atoms with Crippen molar-refractivity contribution in [2.75, 3.05) is 5.32 Å². The van der Waals surface area contributed by atoms with Crippen LogP contribution in [-0.2, 0) is 0 Å². The van der Waals surface area contributed by atoms with Gasteiger partial charge < -0.3 is 10.1 Å². The zero-order valence-electron chi connectivity index (χ0n) is 14.8. The van der Waals surface area contributed by atoms with Gasteiger partial charge >= 0.3 is 6.61 Å². The molecule has 0 saturated heterocycles. The van der Waals surface area contributed by atoms with Gasteiger partial charge in [0, 0.05) is 27.9 Å². The minimum Gasteiger partial charge on any atom is -0.434 e. The second kappa shape index (κ2) is 6.88. The average molecular weight is 379 g/mol. The van der Waals surface area contributed by atoms with E-state index in [2.05, 4.69) is 10.1 Å². The molecule has 0 saturated carbocycles. The predicted octanol–water partition coefficient (Wildman–Crippen LogP) is 5.06. The maximum absolute atomic E-state index is 12.7. The molecule has 0 radical (unpaired) electrons. The van der Waals surface area contributed by atoms with Crippen molar-refractivity contribution in [3.05, 3.63) is 82.9 Å². The fraction of sp³-hybridized carbons (Fsp3) is 0.0909. The molecule has 28 heavy (non-hydrogen) atoms. The molecule has 1 amide bonds. The lowest BCUT2D eigenvalue weighted by molar-refractivity contribution is -0.0502. The van der Waals surface area contributed by atoms with Crippen LogP contribution in [0.25, 0.3) is 11.1 Å². The summed E-state index contributed by atoms with van der Waals surface area (Å²) in [4.78, 5) is 25.3. The number of benzene rings is 3. The van der Waals surface area contributed by atoms with Crippen LogP contribution in [0.3, 0.4) is 0 Å². The van der Waals surface area contributed by atoms with E-state index in [1.165, 1.54) is 12.1 Å². The highest BCUT2D eigenvalue weighted by Crippen LogP contribution is 2.37. The number of halogens is 2. The molecule has 0 bridgehead atoms. The van der Waals surface area contributed by atoms with Gasteiger partial charge in [0.1, 0.15) is 5.75 Å². The highest BCUT2D eigenvalue weighted by atomic mass is 19.3. The summed E-state index contributed by atoms with van der Waals surface area (Å²) in [5.41, 5.74) is 3.78. The normalized spacial score (nSPS) is 11.9. The van der Waals surface area contributed by atoms with Gasteiger partial charge in [0.2, 0.25) is 0 Å². The van der Waals surface area contributed by atoms with Gasteiger partial charge in [-0.2, -0.15) is 8.78 Å². The Morgan fingerprint density at radius 1 is 0.929 bits per heavy atom. The molecular formula is C22H15F2NO3. The molecule has 0 spiro atoms. The van der Waals surface area contributed by atoms with Gasteiger partial charge in [-0.05, 0) is 42.3 Å². The summed E-state index contributed by atoms with van der Waals surface area (Å²) in [6, 6.07) is 16.8. The highest BCUT2D eigenvalue weighted by Gasteiger charge is 2.27. The smallest absolute Gasteiger partial charge is 0.387 e. The summed E-state index contributed by atoms with van der Waals surface area (Å²) in [6.07, 6.45) is 0. The van der Waals surface area contributed by atoms with E-state index in [0.29, 0.717) is 27.9 Å². The van der Waals surface area contributed by atoms with E-state index in [-0.39, 0.29) is 11.5 Å². The van der Waals surface area contributed by atoms with Crippen LogP contribution < -0.4 is 10.1 Å². The summed E-state index contributed by atoms with van der Waals surface area (Å²) in [5, 5.41) is 2.69. The highest BCUT2D eigenvalue weighted by molar-refractivity contribution is 6.22. The van der Waals surface area contributed by atoms with Gasteiger partial charge in [-0.3, -0.25) is 9.59 Å². The number of rotatable bonds is 4. The summed E-state index contributed by atoms with van der Waals surface area (Å²) >= 11 is 0. The fourth-order valence-electron chi connectivity index (χ4n) is 3.34. The molecule has 0 heterocycles. The number of hydrogen-bond acceptors (Lipinski definition) is 3. The molecule has 1 N–H and O–H groups in total. The Hall–Kier alpha value is -3.54. The van der Waals surface area contributed by atoms with Gasteiger partial charge in [0.25, 0.3) is 5.91 Å². The number of ether oxygens (including phenoxy) is 1. The Morgan fingerprint density at radius 3 is 2.39 bits per heavy atom. The number of alkyl halides is 2. The monoisotopic (exact) mass is 379 g/mol. The van der Waals surface area contributed by atoms with Crippen LogP contribution in [0.2, 0.25) is 0 Å². The zero-order chi connectivity index (χ0) is 19.8. The molecule has 4 nitrogen and oxygen atoms in total. The van der Waals surface area contributed by atoms with Gasteiger partial charge in [-0.15, -0.1) is 0 Å². The molecule has 1 aliphatic carbocycles. The third-order valence-corrected chi connectivity index (χ3v) is 4.74. The molecular weight excluding hydrogens is 364 g/mol. The van der Waals surface area contributed by atoms with Gasteiger partial charge in [0.05, 0.1) is 0 Å². The Morgan fingerprint density at radius 2 is 1.64 bits per heavy atom. The topological polar surface area (TPSA) is 55.4 Å². The van der Waals surface area contributed by atoms with Gasteiger partial charge in [-0.25, -0.2) is 0 Å². The van der Waals surface area contributed by atoms with Crippen molar-refractivity contribution in [2.24, 2.45) is 0 Å². The average Bonchev–Trinajstić information content (AvgIpc) is 2.97. The second-order valence-corrected chi connectivity index (χ2v) is 6.40. The Labute approximate surface area is 159 Å². The van der Waals surface area contributed by atoms with E-state index in [4.69, 9.17) is 0 Å². The zero-order valence-corrected chi connectivity index (χ0v) is 14.8. The van der Waals surface area contributed by atoms with Crippen molar-refractivity contribution < 1.29 is 23.1 Å². The number of fused-ring (bicyclic) bond motifs is 3.